The molecule has 0 aliphatic carbocycles. The lowest BCUT2D eigenvalue weighted by atomic mass is 10.2. The van der Waals surface area contributed by atoms with Gasteiger partial charge in [-0.15, -0.1) is 0 Å². The number of amides is 1. The highest BCUT2D eigenvalue weighted by atomic mass is 35.5. The summed E-state index contributed by atoms with van der Waals surface area (Å²) in [5.74, 6) is -0.115. The summed E-state index contributed by atoms with van der Waals surface area (Å²) >= 11 is 11.8. The molecule has 0 spiro atoms. The van der Waals surface area contributed by atoms with Gasteiger partial charge in [0.15, 0.2) is 17.6 Å². The van der Waals surface area contributed by atoms with E-state index in [1.165, 1.54) is 13.0 Å². The van der Waals surface area contributed by atoms with Gasteiger partial charge in [0.1, 0.15) is 13.2 Å². The van der Waals surface area contributed by atoms with Gasteiger partial charge in [0, 0.05) is 15.7 Å². The lowest BCUT2D eigenvalue weighted by molar-refractivity contribution is -0.123. The van der Waals surface area contributed by atoms with Crippen molar-refractivity contribution >= 4 is 40.8 Å². The zero-order chi connectivity index (χ0) is 18.7. The number of hydrogen-bond acceptors (Lipinski definition) is 5. The molecule has 1 N–H and O–H groups in total. The molecule has 3 rings (SSSR count). The fourth-order valence-corrected chi connectivity index (χ4v) is 2.85. The van der Waals surface area contributed by atoms with Crippen molar-refractivity contribution in [2.45, 2.75) is 13.0 Å². The molecule has 1 atom stereocenters. The third kappa shape index (κ3) is 4.39. The Morgan fingerprint density at radius 2 is 1.69 bits per heavy atom. The molecule has 0 aromatic heterocycles. The quantitative estimate of drug-likeness (QED) is 0.793. The molecule has 0 radical (unpaired) electrons. The maximum Gasteiger partial charge on any atom is 0.339 e. The second kappa shape index (κ2) is 7.85. The minimum Gasteiger partial charge on any atom is -0.486 e. The van der Waals surface area contributed by atoms with Crippen LogP contribution in [0.3, 0.4) is 0 Å². The first-order valence-electron chi connectivity index (χ1n) is 7.80. The van der Waals surface area contributed by atoms with E-state index >= 15 is 0 Å². The average molecular weight is 396 g/mol. The molecular formula is C18H15Cl2NO5. The first-order valence-corrected chi connectivity index (χ1v) is 8.55. The van der Waals surface area contributed by atoms with Gasteiger partial charge in [-0.3, -0.25) is 4.79 Å². The minimum atomic E-state index is -1.02. The Balaban J connectivity index is 1.64. The molecule has 2 aromatic carbocycles. The van der Waals surface area contributed by atoms with E-state index in [1.807, 2.05) is 0 Å². The first-order chi connectivity index (χ1) is 12.4. The Hall–Kier alpha value is -2.44. The van der Waals surface area contributed by atoms with Gasteiger partial charge in [-0.2, -0.15) is 0 Å². The van der Waals surface area contributed by atoms with Gasteiger partial charge in [0.25, 0.3) is 5.91 Å². The zero-order valence-corrected chi connectivity index (χ0v) is 15.3. The minimum absolute atomic E-state index is 0.264. The highest BCUT2D eigenvalue weighted by Crippen LogP contribution is 2.31. The van der Waals surface area contributed by atoms with E-state index in [4.69, 9.17) is 37.4 Å². The number of nitrogens with one attached hydrogen (secondary N) is 1. The van der Waals surface area contributed by atoms with E-state index in [1.54, 1.807) is 30.3 Å². The predicted molar refractivity (Wildman–Crippen MR) is 97.4 cm³/mol. The van der Waals surface area contributed by atoms with Gasteiger partial charge in [-0.05, 0) is 43.3 Å². The van der Waals surface area contributed by atoms with Crippen molar-refractivity contribution in [3.05, 3.63) is 52.0 Å². The second-order valence-electron chi connectivity index (χ2n) is 5.55. The number of fused-ring (bicyclic) bond motifs is 1. The average Bonchev–Trinajstić information content (AvgIpc) is 2.60. The lowest BCUT2D eigenvalue weighted by Gasteiger charge is -2.19. The summed E-state index contributed by atoms with van der Waals surface area (Å²) in [5.41, 5.74) is 0.675. The summed E-state index contributed by atoms with van der Waals surface area (Å²) in [6.07, 6.45) is -1.02. The number of ether oxygens (including phenoxy) is 3. The number of anilines is 1. The molecular weight excluding hydrogens is 381 g/mol. The number of hydrogen-bond donors (Lipinski definition) is 1. The van der Waals surface area contributed by atoms with Gasteiger partial charge >= 0.3 is 5.97 Å². The summed E-state index contributed by atoms with van der Waals surface area (Å²) in [4.78, 5) is 24.5. The number of carbonyl (C=O) groups is 2. The number of halogens is 2. The van der Waals surface area contributed by atoms with Gasteiger partial charge in [-0.1, -0.05) is 23.2 Å². The van der Waals surface area contributed by atoms with Crippen LogP contribution in [-0.2, 0) is 9.53 Å². The molecule has 0 fully saturated rings. The molecule has 6 nitrogen and oxygen atoms in total. The molecule has 1 amide bonds. The van der Waals surface area contributed by atoms with Crippen molar-refractivity contribution in [1.29, 1.82) is 0 Å². The van der Waals surface area contributed by atoms with Crippen molar-refractivity contribution in [3.63, 3.8) is 0 Å². The van der Waals surface area contributed by atoms with E-state index in [0.29, 0.717) is 40.4 Å². The molecule has 1 aliphatic heterocycles. The van der Waals surface area contributed by atoms with E-state index in [-0.39, 0.29) is 5.56 Å². The maximum absolute atomic E-state index is 12.3. The van der Waals surface area contributed by atoms with Crippen molar-refractivity contribution in [1.82, 2.24) is 0 Å². The molecule has 0 saturated carbocycles. The molecule has 2 aromatic rings. The smallest absolute Gasteiger partial charge is 0.339 e. The Kier molecular flexibility index (Phi) is 5.54. The highest BCUT2D eigenvalue weighted by Gasteiger charge is 2.21. The molecule has 1 aliphatic rings. The number of rotatable bonds is 4. The summed E-state index contributed by atoms with van der Waals surface area (Å²) < 4.78 is 16.0. The third-order valence-electron chi connectivity index (χ3n) is 3.56. The van der Waals surface area contributed by atoms with Crippen LogP contribution in [0.15, 0.2) is 36.4 Å². The molecule has 0 saturated heterocycles. The van der Waals surface area contributed by atoms with Crippen LogP contribution in [0.1, 0.15) is 17.3 Å². The van der Waals surface area contributed by atoms with Crippen LogP contribution >= 0.6 is 23.2 Å². The van der Waals surface area contributed by atoms with Gasteiger partial charge in [0.05, 0.1) is 5.56 Å². The van der Waals surface area contributed by atoms with E-state index in [0.717, 1.165) is 0 Å². The van der Waals surface area contributed by atoms with Crippen LogP contribution in [-0.4, -0.2) is 31.2 Å². The van der Waals surface area contributed by atoms with Gasteiger partial charge in [-0.25, -0.2) is 4.79 Å². The van der Waals surface area contributed by atoms with Crippen LogP contribution in [0.5, 0.6) is 11.5 Å². The van der Waals surface area contributed by atoms with Crippen LogP contribution in [0.2, 0.25) is 10.0 Å². The Morgan fingerprint density at radius 1 is 1.04 bits per heavy atom. The highest BCUT2D eigenvalue weighted by molar-refractivity contribution is 6.35. The van der Waals surface area contributed by atoms with E-state index < -0.39 is 18.0 Å². The predicted octanol–water partition coefficient (Wildman–Crippen LogP) is 3.95. The lowest BCUT2D eigenvalue weighted by Crippen LogP contribution is -2.30. The molecule has 1 heterocycles. The molecule has 136 valence electrons. The second-order valence-corrected chi connectivity index (χ2v) is 6.43. The largest absolute Gasteiger partial charge is 0.486 e. The normalized spacial score (nSPS) is 13.7. The summed E-state index contributed by atoms with van der Waals surface area (Å²) in [7, 11) is 0. The molecule has 0 unspecified atom stereocenters. The van der Waals surface area contributed by atoms with Crippen molar-refractivity contribution in [2.24, 2.45) is 0 Å². The first kappa shape index (κ1) is 18.4. The van der Waals surface area contributed by atoms with Crippen molar-refractivity contribution < 1.29 is 23.8 Å². The Morgan fingerprint density at radius 3 is 2.38 bits per heavy atom. The summed E-state index contributed by atoms with van der Waals surface area (Å²) in [6, 6.07) is 9.34. The molecule has 0 bridgehead atoms. The maximum atomic E-state index is 12.3. The Labute approximate surface area is 159 Å². The Bertz CT molecular complexity index is 835. The van der Waals surface area contributed by atoms with Crippen LogP contribution in [0.25, 0.3) is 0 Å². The fraction of sp³-hybridized carbons (Fsp3) is 0.222. The van der Waals surface area contributed by atoms with Crippen LogP contribution in [0.4, 0.5) is 5.69 Å². The van der Waals surface area contributed by atoms with Gasteiger partial charge < -0.3 is 19.5 Å². The molecule has 8 heteroatoms. The number of esters is 1. The topological polar surface area (TPSA) is 73.9 Å². The monoisotopic (exact) mass is 395 g/mol. The standard InChI is InChI=1S/C18H15Cl2NO5/c1-10(17(22)21-14-8-12(19)7-13(20)9-14)26-18(23)11-2-3-15-16(6-11)25-5-4-24-15/h2-3,6-10H,4-5H2,1H3,(H,21,22)/t10-/m1/s1. The van der Waals surface area contributed by atoms with Crippen LogP contribution < -0.4 is 14.8 Å². The summed E-state index contributed by atoms with van der Waals surface area (Å²) in [5, 5.41) is 3.37. The molecule has 26 heavy (non-hydrogen) atoms. The van der Waals surface area contributed by atoms with Gasteiger partial charge in [0.2, 0.25) is 0 Å². The number of benzene rings is 2. The van der Waals surface area contributed by atoms with E-state index in [2.05, 4.69) is 5.32 Å². The third-order valence-corrected chi connectivity index (χ3v) is 4.00. The number of carbonyl (C=O) groups excluding carboxylic acids is 2. The summed E-state index contributed by atoms with van der Waals surface area (Å²) in [6.45, 7) is 2.34. The van der Waals surface area contributed by atoms with Crippen molar-refractivity contribution in [2.75, 3.05) is 18.5 Å². The fourth-order valence-electron chi connectivity index (χ4n) is 2.32. The van der Waals surface area contributed by atoms with E-state index in [9.17, 15) is 9.59 Å². The SMILES string of the molecule is C[C@@H](OC(=O)c1ccc2c(c1)OCCO2)C(=O)Nc1cc(Cl)cc(Cl)c1. The van der Waals surface area contributed by atoms with Crippen LogP contribution in [0, 0.1) is 0 Å². The zero-order valence-electron chi connectivity index (χ0n) is 13.8. The van der Waals surface area contributed by atoms with Crippen molar-refractivity contribution in [3.8, 4) is 11.5 Å².